The Labute approximate surface area is 106 Å². The predicted octanol–water partition coefficient (Wildman–Crippen LogP) is 2.51. The second kappa shape index (κ2) is 4.97. The SMILES string of the molecule is Cc1ncc(C(=O)O)c(Nc2ccc(F)cc2F)n1. The maximum atomic E-state index is 13.5. The lowest BCUT2D eigenvalue weighted by Gasteiger charge is -2.09. The molecule has 2 N–H and O–H groups in total. The van der Waals surface area contributed by atoms with Crippen LogP contribution in [0.25, 0.3) is 0 Å². The van der Waals surface area contributed by atoms with E-state index in [9.17, 15) is 13.6 Å². The number of nitrogens with one attached hydrogen (secondary N) is 1. The highest BCUT2D eigenvalue weighted by molar-refractivity contribution is 5.93. The number of nitrogens with zero attached hydrogens (tertiary/aromatic N) is 2. The molecule has 1 aromatic carbocycles. The molecule has 0 saturated carbocycles. The maximum Gasteiger partial charge on any atom is 0.341 e. The van der Waals surface area contributed by atoms with Crippen molar-refractivity contribution < 1.29 is 18.7 Å². The van der Waals surface area contributed by atoms with Gasteiger partial charge in [0.25, 0.3) is 0 Å². The average Bonchev–Trinajstić information content (AvgIpc) is 2.32. The number of aromatic nitrogens is 2. The fraction of sp³-hybridized carbons (Fsp3) is 0.0833. The number of benzene rings is 1. The molecule has 0 saturated heterocycles. The molecule has 0 aliphatic carbocycles. The second-order valence-corrected chi connectivity index (χ2v) is 3.73. The molecule has 0 aliphatic rings. The van der Waals surface area contributed by atoms with Gasteiger partial charge in [0.15, 0.2) is 0 Å². The predicted molar refractivity (Wildman–Crippen MR) is 63.4 cm³/mol. The Morgan fingerprint density at radius 2 is 2.11 bits per heavy atom. The van der Waals surface area contributed by atoms with Gasteiger partial charge in [0.2, 0.25) is 0 Å². The van der Waals surface area contributed by atoms with Crippen molar-refractivity contribution in [3.8, 4) is 0 Å². The third-order valence-electron chi connectivity index (χ3n) is 2.32. The van der Waals surface area contributed by atoms with Crippen LogP contribution in [0.5, 0.6) is 0 Å². The number of hydrogen-bond donors (Lipinski definition) is 2. The number of aryl methyl sites for hydroxylation is 1. The molecule has 7 heteroatoms. The minimum Gasteiger partial charge on any atom is -0.477 e. The number of aromatic carboxylic acids is 1. The number of anilines is 2. The van der Waals surface area contributed by atoms with Gasteiger partial charge in [-0.15, -0.1) is 0 Å². The smallest absolute Gasteiger partial charge is 0.341 e. The van der Waals surface area contributed by atoms with Crippen molar-refractivity contribution in [1.82, 2.24) is 9.97 Å². The number of carbonyl (C=O) groups is 1. The first-order valence-corrected chi connectivity index (χ1v) is 5.26. The first-order chi connectivity index (χ1) is 8.97. The Morgan fingerprint density at radius 3 is 2.74 bits per heavy atom. The Bertz CT molecular complexity index is 647. The van der Waals surface area contributed by atoms with Crippen molar-refractivity contribution in [3.63, 3.8) is 0 Å². The van der Waals surface area contributed by atoms with E-state index >= 15 is 0 Å². The minimum atomic E-state index is -1.25. The number of halogens is 2. The largest absolute Gasteiger partial charge is 0.477 e. The van der Waals surface area contributed by atoms with Gasteiger partial charge < -0.3 is 10.4 Å². The lowest BCUT2D eigenvalue weighted by atomic mass is 10.2. The van der Waals surface area contributed by atoms with Crippen molar-refractivity contribution in [3.05, 3.63) is 47.4 Å². The monoisotopic (exact) mass is 265 g/mol. The van der Waals surface area contributed by atoms with E-state index in [0.717, 1.165) is 18.3 Å². The lowest BCUT2D eigenvalue weighted by molar-refractivity contribution is 0.0697. The summed E-state index contributed by atoms with van der Waals surface area (Å²) in [6, 6.07) is 2.91. The summed E-state index contributed by atoms with van der Waals surface area (Å²) in [4.78, 5) is 18.6. The quantitative estimate of drug-likeness (QED) is 0.891. The highest BCUT2D eigenvalue weighted by Crippen LogP contribution is 2.21. The zero-order valence-corrected chi connectivity index (χ0v) is 9.82. The molecule has 0 fully saturated rings. The van der Waals surface area contributed by atoms with E-state index in [1.807, 2.05) is 0 Å². The Kier molecular flexibility index (Phi) is 3.37. The zero-order chi connectivity index (χ0) is 14.0. The van der Waals surface area contributed by atoms with Crippen LogP contribution in [-0.2, 0) is 0 Å². The van der Waals surface area contributed by atoms with Crippen molar-refractivity contribution in [2.24, 2.45) is 0 Å². The molecule has 0 atom stereocenters. The van der Waals surface area contributed by atoms with Gasteiger partial charge in [0.1, 0.15) is 28.8 Å². The summed E-state index contributed by atoms with van der Waals surface area (Å²) in [5.74, 6) is -2.53. The summed E-state index contributed by atoms with van der Waals surface area (Å²) in [6.45, 7) is 1.57. The van der Waals surface area contributed by atoms with Gasteiger partial charge in [0.05, 0.1) is 5.69 Å². The summed E-state index contributed by atoms with van der Waals surface area (Å²) in [5, 5.41) is 11.5. The summed E-state index contributed by atoms with van der Waals surface area (Å²) < 4.78 is 26.2. The van der Waals surface area contributed by atoms with E-state index in [1.165, 1.54) is 0 Å². The second-order valence-electron chi connectivity index (χ2n) is 3.73. The van der Waals surface area contributed by atoms with Gasteiger partial charge in [0, 0.05) is 12.3 Å². The lowest BCUT2D eigenvalue weighted by Crippen LogP contribution is -2.08. The molecule has 0 spiro atoms. The Balaban J connectivity index is 2.42. The molecule has 0 radical (unpaired) electrons. The molecule has 98 valence electrons. The van der Waals surface area contributed by atoms with Crippen LogP contribution in [0.3, 0.4) is 0 Å². The standard InChI is InChI=1S/C12H9F2N3O2/c1-6-15-5-8(12(18)19)11(16-6)17-10-3-2-7(13)4-9(10)14/h2-5H,1H3,(H,18,19)(H,15,16,17). The molecular weight excluding hydrogens is 256 g/mol. The van der Waals surface area contributed by atoms with Gasteiger partial charge >= 0.3 is 5.97 Å². The van der Waals surface area contributed by atoms with E-state index in [0.29, 0.717) is 11.9 Å². The maximum absolute atomic E-state index is 13.5. The van der Waals surface area contributed by atoms with E-state index < -0.39 is 17.6 Å². The van der Waals surface area contributed by atoms with Crippen LogP contribution in [0.15, 0.2) is 24.4 Å². The molecular formula is C12H9F2N3O2. The molecule has 1 heterocycles. The first kappa shape index (κ1) is 12.9. The van der Waals surface area contributed by atoms with Gasteiger partial charge in [-0.1, -0.05) is 0 Å². The molecule has 0 bridgehead atoms. The first-order valence-electron chi connectivity index (χ1n) is 5.26. The Morgan fingerprint density at radius 1 is 1.37 bits per heavy atom. The summed E-state index contributed by atoms with van der Waals surface area (Å²) >= 11 is 0. The topological polar surface area (TPSA) is 75.1 Å². The molecule has 5 nitrogen and oxygen atoms in total. The molecule has 0 unspecified atom stereocenters. The fourth-order valence-corrected chi connectivity index (χ4v) is 1.44. The zero-order valence-electron chi connectivity index (χ0n) is 9.82. The molecule has 19 heavy (non-hydrogen) atoms. The van der Waals surface area contributed by atoms with Crippen molar-refractivity contribution in [1.29, 1.82) is 0 Å². The van der Waals surface area contributed by atoms with Crippen LogP contribution in [-0.4, -0.2) is 21.0 Å². The van der Waals surface area contributed by atoms with Crippen LogP contribution in [0, 0.1) is 18.6 Å². The van der Waals surface area contributed by atoms with Crippen molar-refractivity contribution >= 4 is 17.5 Å². The van der Waals surface area contributed by atoms with Gasteiger partial charge in [-0.05, 0) is 19.1 Å². The molecule has 0 aliphatic heterocycles. The highest BCUT2D eigenvalue weighted by atomic mass is 19.1. The third kappa shape index (κ3) is 2.82. The normalized spacial score (nSPS) is 10.3. The molecule has 2 aromatic rings. The fourth-order valence-electron chi connectivity index (χ4n) is 1.44. The van der Waals surface area contributed by atoms with Crippen LogP contribution in [0.2, 0.25) is 0 Å². The van der Waals surface area contributed by atoms with Crippen LogP contribution in [0.1, 0.15) is 16.2 Å². The van der Waals surface area contributed by atoms with Crippen molar-refractivity contribution in [2.75, 3.05) is 5.32 Å². The number of hydrogen-bond acceptors (Lipinski definition) is 4. The summed E-state index contributed by atoms with van der Waals surface area (Å²) in [7, 11) is 0. The van der Waals surface area contributed by atoms with Gasteiger partial charge in [-0.25, -0.2) is 23.5 Å². The summed E-state index contributed by atoms with van der Waals surface area (Å²) in [5.41, 5.74) is -0.267. The van der Waals surface area contributed by atoms with E-state index in [2.05, 4.69) is 15.3 Å². The highest BCUT2D eigenvalue weighted by Gasteiger charge is 2.14. The number of carboxylic acids is 1. The van der Waals surface area contributed by atoms with Crippen LogP contribution in [0.4, 0.5) is 20.3 Å². The number of carboxylic acid groups (broad SMARTS) is 1. The third-order valence-corrected chi connectivity index (χ3v) is 2.32. The molecule has 0 amide bonds. The summed E-state index contributed by atoms with van der Waals surface area (Å²) in [6.07, 6.45) is 1.12. The van der Waals surface area contributed by atoms with Gasteiger partial charge in [-0.2, -0.15) is 0 Å². The van der Waals surface area contributed by atoms with Crippen LogP contribution < -0.4 is 5.32 Å². The van der Waals surface area contributed by atoms with Crippen molar-refractivity contribution in [2.45, 2.75) is 6.92 Å². The van der Waals surface area contributed by atoms with Crippen LogP contribution >= 0.6 is 0 Å². The minimum absolute atomic E-state index is 0.0505. The number of rotatable bonds is 3. The Hall–Kier alpha value is -2.57. The average molecular weight is 265 g/mol. The van der Waals surface area contributed by atoms with E-state index in [1.54, 1.807) is 6.92 Å². The van der Waals surface area contributed by atoms with Gasteiger partial charge in [-0.3, -0.25) is 0 Å². The molecule has 1 aromatic heterocycles. The van der Waals surface area contributed by atoms with E-state index in [4.69, 9.17) is 5.11 Å². The van der Waals surface area contributed by atoms with E-state index in [-0.39, 0.29) is 17.1 Å². The molecule has 2 rings (SSSR count).